The van der Waals surface area contributed by atoms with E-state index in [2.05, 4.69) is 63.2 Å². The SMILES string of the molecule is CN(C)C1CCC(N)CC1.CN(C)C1CCC(Nc2ncnc3occc23)CC1.Cl.Cl.Clc1ncnc2occc12. The Kier molecular flexibility index (Phi) is 14.5. The van der Waals surface area contributed by atoms with Gasteiger partial charge in [-0.25, -0.2) is 19.9 Å². The number of halogens is 3. The zero-order valence-electron chi connectivity index (χ0n) is 24.2. The lowest BCUT2D eigenvalue weighted by molar-refractivity contribution is 0.217. The number of hydrogen-bond donors (Lipinski definition) is 2. The Morgan fingerprint density at radius 3 is 1.76 bits per heavy atom. The van der Waals surface area contributed by atoms with Gasteiger partial charge in [-0.2, -0.15) is 0 Å². The first-order chi connectivity index (χ1) is 18.8. The maximum absolute atomic E-state index is 5.78. The molecule has 6 rings (SSSR count). The fraction of sp³-hybridized carbons (Fsp3) is 0.571. The van der Waals surface area contributed by atoms with E-state index >= 15 is 0 Å². The van der Waals surface area contributed by atoms with Crippen molar-refractivity contribution in [2.24, 2.45) is 5.73 Å². The van der Waals surface area contributed by atoms with Crippen LogP contribution >= 0.6 is 36.4 Å². The van der Waals surface area contributed by atoms with Gasteiger partial charge in [-0.3, -0.25) is 0 Å². The standard InChI is InChI=1S/C14H20N4O.C8H18N2.C6H3ClN2O.2ClH/c1-18(2)11-5-3-10(4-6-11)17-13-12-7-8-19-14(12)16-9-15-13;1-10(2)8-5-3-7(9)4-6-8;7-5-4-1-2-10-6(4)9-3-8-5;;/h7-11H,3-6H2,1-2H3,(H,15,16,17);7-8H,3-6,9H2,1-2H3;1-3H;2*1H. The molecule has 2 aliphatic rings. The highest BCUT2D eigenvalue weighted by atomic mass is 35.5. The summed E-state index contributed by atoms with van der Waals surface area (Å²) in [4.78, 5) is 20.7. The van der Waals surface area contributed by atoms with Gasteiger partial charge >= 0.3 is 0 Å². The molecule has 4 heterocycles. The molecule has 4 aromatic rings. The summed E-state index contributed by atoms with van der Waals surface area (Å²) >= 11 is 5.69. The van der Waals surface area contributed by atoms with E-state index < -0.39 is 0 Å². The van der Waals surface area contributed by atoms with Crippen molar-refractivity contribution in [3.63, 3.8) is 0 Å². The minimum atomic E-state index is 0. The van der Waals surface area contributed by atoms with Gasteiger partial charge in [0.15, 0.2) is 0 Å². The highest BCUT2D eigenvalue weighted by molar-refractivity contribution is 6.33. The van der Waals surface area contributed by atoms with Gasteiger partial charge < -0.3 is 29.7 Å². The summed E-state index contributed by atoms with van der Waals surface area (Å²) in [5.74, 6) is 0.895. The van der Waals surface area contributed by atoms with Crippen molar-refractivity contribution in [3.8, 4) is 0 Å². The number of anilines is 1. The van der Waals surface area contributed by atoms with Crippen LogP contribution in [0, 0.1) is 0 Å². The number of nitrogens with one attached hydrogen (secondary N) is 1. The maximum atomic E-state index is 5.78. The molecule has 0 unspecified atom stereocenters. The van der Waals surface area contributed by atoms with E-state index in [-0.39, 0.29) is 24.8 Å². The van der Waals surface area contributed by atoms with Gasteiger partial charge in [0.05, 0.1) is 23.3 Å². The summed E-state index contributed by atoms with van der Waals surface area (Å²) < 4.78 is 10.3. The fourth-order valence-electron chi connectivity index (χ4n) is 5.21. The molecule has 10 nitrogen and oxygen atoms in total. The first-order valence-electron chi connectivity index (χ1n) is 13.7. The molecule has 0 radical (unpaired) electrons. The van der Waals surface area contributed by atoms with Crippen LogP contribution in [0.15, 0.2) is 46.1 Å². The largest absolute Gasteiger partial charge is 0.446 e. The Labute approximate surface area is 259 Å². The van der Waals surface area contributed by atoms with Gasteiger partial charge in [0.25, 0.3) is 0 Å². The predicted octanol–water partition coefficient (Wildman–Crippen LogP) is 6.05. The van der Waals surface area contributed by atoms with Crippen molar-refractivity contribution < 1.29 is 8.83 Å². The van der Waals surface area contributed by atoms with Crippen LogP contribution in [0.25, 0.3) is 22.2 Å². The van der Waals surface area contributed by atoms with E-state index in [0.717, 1.165) is 28.7 Å². The average molecular weight is 630 g/mol. The molecule has 13 heteroatoms. The van der Waals surface area contributed by atoms with Crippen LogP contribution in [-0.4, -0.2) is 82.1 Å². The summed E-state index contributed by atoms with van der Waals surface area (Å²) in [6.07, 6.45) is 16.0. The second-order valence-corrected chi connectivity index (χ2v) is 11.2. The topological polar surface area (TPSA) is 122 Å². The third-order valence-electron chi connectivity index (χ3n) is 7.71. The van der Waals surface area contributed by atoms with Gasteiger partial charge in [0, 0.05) is 24.2 Å². The first-order valence-corrected chi connectivity index (χ1v) is 14.1. The third-order valence-corrected chi connectivity index (χ3v) is 8.02. The number of furan rings is 2. The van der Waals surface area contributed by atoms with Gasteiger partial charge in [-0.1, -0.05) is 11.6 Å². The summed E-state index contributed by atoms with van der Waals surface area (Å²) in [6, 6.07) is 6.15. The Morgan fingerprint density at radius 1 is 0.732 bits per heavy atom. The van der Waals surface area contributed by atoms with Crippen LogP contribution in [0.1, 0.15) is 51.4 Å². The second kappa shape index (κ2) is 17.0. The molecule has 3 N–H and O–H groups in total. The van der Waals surface area contributed by atoms with Crippen molar-refractivity contribution in [3.05, 3.63) is 42.5 Å². The molecule has 0 amide bonds. The first kappa shape index (κ1) is 35.0. The Bertz CT molecular complexity index is 1290. The number of hydrogen-bond acceptors (Lipinski definition) is 10. The monoisotopic (exact) mass is 628 g/mol. The third kappa shape index (κ3) is 9.94. The van der Waals surface area contributed by atoms with Crippen LogP contribution in [0.2, 0.25) is 5.15 Å². The van der Waals surface area contributed by atoms with E-state index in [9.17, 15) is 0 Å². The van der Waals surface area contributed by atoms with Crippen molar-refractivity contribution in [1.82, 2.24) is 29.7 Å². The summed E-state index contributed by atoms with van der Waals surface area (Å²) in [5.41, 5.74) is 6.96. The normalized spacial score (nSPS) is 22.1. The van der Waals surface area contributed by atoms with Gasteiger partial charge in [-0.05, 0) is 91.7 Å². The molecule has 2 fully saturated rings. The highest BCUT2D eigenvalue weighted by Crippen LogP contribution is 2.27. The Hall–Kier alpha value is -2.21. The molecule has 0 bridgehead atoms. The number of fused-ring (bicyclic) bond motifs is 2. The zero-order chi connectivity index (χ0) is 27.8. The summed E-state index contributed by atoms with van der Waals surface area (Å²) in [5, 5.41) is 5.69. The van der Waals surface area contributed by atoms with Crippen LogP contribution in [0.4, 0.5) is 5.82 Å². The number of rotatable bonds is 4. The summed E-state index contributed by atoms with van der Waals surface area (Å²) in [7, 11) is 8.64. The van der Waals surface area contributed by atoms with E-state index in [1.54, 1.807) is 18.7 Å². The van der Waals surface area contributed by atoms with Crippen LogP contribution in [-0.2, 0) is 0 Å². The van der Waals surface area contributed by atoms with Crippen molar-refractivity contribution >= 4 is 64.4 Å². The summed E-state index contributed by atoms with van der Waals surface area (Å²) in [6.45, 7) is 0. The lowest BCUT2D eigenvalue weighted by Crippen LogP contribution is -2.36. The highest BCUT2D eigenvalue weighted by Gasteiger charge is 2.23. The van der Waals surface area contributed by atoms with Crippen molar-refractivity contribution in [1.29, 1.82) is 0 Å². The van der Waals surface area contributed by atoms with E-state index in [0.29, 0.717) is 28.7 Å². The van der Waals surface area contributed by atoms with Crippen molar-refractivity contribution in [2.75, 3.05) is 33.5 Å². The molecule has 0 spiro atoms. The molecule has 2 aliphatic carbocycles. The minimum absolute atomic E-state index is 0. The second-order valence-electron chi connectivity index (χ2n) is 10.8. The van der Waals surface area contributed by atoms with Crippen molar-refractivity contribution in [2.45, 2.75) is 75.5 Å². The number of nitrogens with two attached hydrogens (primary N) is 1. The number of aromatic nitrogens is 4. The molecule has 41 heavy (non-hydrogen) atoms. The molecular weight excluding hydrogens is 587 g/mol. The molecular formula is C28H43Cl3N8O2. The molecule has 0 saturated heterocycles. The van der Waals surface area contributed by atoms with Gasteiger partial charge in [0.1, 0.15) is 23.6 Å². The molecule has 0 aliphatic heterocycles. The quantitative estimate of drug-likeness (QED) is 0.258. The Balaban J connectivity index is 0.000000228. The van der Waals surface area contributed by atoms with E-state index in [1.165, 1.54) is 64.0 Å². The molecule has 4 aromatic heterocycles. The molecule has 0 atom stereocenters. The zero-order valence-corrected chi connectivity index (χ0v) is 26.6. The fourth-order valence-corrected chi connectivity index (χ4v) is 5.40. The molecule has 0 aromatic carbocycles. The maximum Gasteiger partial charge on any atom is 0.231 e. The lowest BCUT2D eigenvalue weighted by Gasteiger charge is -2.33. The van der Waals surface area contributed by atoms with Gasteiger partial charge in [0.2, 0.25) is 11.4 Å². The predicted molar refractivity (Wildman–Crippen MR) is 170 cm³/mol. The van der Waals surface area contributed by atoms with E-state index in [1.807, 2.05) is 6.07 Å². The molecule has 2 saturated carbocycles. The average Bonchev–Trinajstić information content (AvgIpc) is 3.61. The van der Waals surface area contributed by atoms with Crippen LogP contribution in [0.5, 0.6) is 0 Å². The molecule has 228 valence electrons. The minimum Gasteiger partial charge on any atom is -0.446 e. The van der Waals surface area contributed by atoms with Gasteiger partial charge in [-0.15, -0.1) is 24.8 Å². The number of nitrogens with zero attached hydrogens (tertiary/aromatic N) is 6. The van der Waals surface area contributed by atoms with Crippen LogP contribution in [0.3, 0.4) is 0 Å². The lowest BCUT2D eigenvalue weighted by atomic mass is 9.90. The smallest absolute Gasteiger partial charge is 0.231 e. The Morgan fingerprint density at radius 2 is 1.22 bits per heavy atom. The van der Waals surface area contributed by atoms with E-state index in [4.69, 9.17) is 26.2 Å². The van der Waals surface area contributed by atoms with Crippen LogP contribution < -0.4 is 11.1 Å².